The third-order valence-electron chi connectivity index (χ3n) is 3.79. The zero-order chi connectivity index (χ0) is 20.8. The van der Waals surface area contributed by atoms with Crippen LogP contribution in [-0.4, -0.2) is 35.4 Å². The lowest BCUT2D eigenvalue weighted by atomic mass is 10.1. The van der Waals surface area contributed by atoms with Gasteiger partial charge in [-0.3, -0.25) is 19.7 Å². The highest BCUT2D eigenvalue weighted by Gasteiger charge is 2.22. The van der Waals surface area contributed by atoms with Gasteiger partial charge in [0.1, 0.15) is 4.88 Å². The summed E-state index contributed by atoms with van der Waals surface area (Å²) in [6, 6.07) is 8.03. The van der Waals surface area contributed by atoms with Crippen LogP contribution in [0, 0.1) is 24.0 Å². The number of carbonyl (C=O) groups excluding carboxylic acids is 3. The molecule has 1 aromatic carbocycles. The quantitative estimate of drug-likeness (QED) is 0.414. The van der Waals surface area contributed by atoms with Crippen molar-refractivity contribution < 1.29 is 24.0 Å². The molecule has 10 heteroatoms. The molecule has 0 saturated heterocycles. The van der Waals surface area contributed by atoms with Crippen LogP contribution in [-0.2, 0) is 14.3 Å². The van der Waals surface area contributed by atoms with Crippen molar-refractivity contribution in [2.75, 3.05) is 11.9 Å². The first-order valence-corrected chi connectivity index (χ1v) is 9.09. The van der Waals surface area contributed by atoms with Gasteiger partial charge in [0.25, 0.3) is 5.91 Å². The molecule has 1 atom stereocenters. The monoisotopic (exact) mass is 405 g/mol. The fraction of sp³-hybridized carbons (Fsp3) is 0.278. The summed E-state index contributed by atoms with van der Waals surface area (Å²) in [7, 11) is 0. The molecule has 0 saturated carbocycles. The Hall–Kier alpha value is -3.27. The molecule has 0 bridgehead atoms. The summed E-state index contributed by atoms with van der Waals surface area (Å²) in [6.45, 7) is 4.77. The maximum atomic E-state index is 12.1. The van der Waals surface area contributed by atoms with Crippen LogP contribution in [0.5, 0.6) is 0 Å². The molecule has 148 valence electrons. The second kappa shape index (κ2) is 9.09. The molecule has 2 N–H and O–H groups in total. The van der Waals surface area contributed by atoms with Gasteiger partial charge in [-0.15, -0.1) is 0 Å². The Morgan fingerprint density at radius 1 is 1.18 bits per heavy atom. The van der Waals surface area contributed by atoms with Crippen molar-refractivity contribution in [3.63, 3.8) is 0 Å². The van der Waals surface area contributed by atoms with Crippen LogP contribution in [0.4, 0.5) is 10.7 Å². The second-order valence-corrected chi connectivity index (χ2v) is 7.04. The highest BCUT2D eigenvalue weighted by Crippen LogP contribution is 2.24. The normalized spacial score (nSPS) is 11.4. The summed E-state index contributed by atoms with van der Waals surface area (Å²) < 4.78 is 4.99. The number of nitrogens with zero attached hydrogens (tertiary/aromatic N) is 1. The lowest BCUT2D eigenvalue weighted by molar-refractivity contribution is -0.380. The van der Waals surface area contributed by atoms with Crippen LogP contribution in [0.15, 0.2) is 30.3 Å². The first-order chi connectivity index (χ1) is 13.2. The van der Waals surface area contributed by atoms with Gasteiger partial charge < -0.3 is 15.4 Å². The van der Waals surface area contributed by atoms with Gasteiger partial charge in [0.05, 0.1) is 11.5 Å². The van der Waals surface area contributed by atoms with Crippen molar-refractivity contribution in [2.45, 2.75) is 26.9 Å². The minimum Gasteiger partial charge on any atom is -0.448 e. The zero-order valence-electron chi connectivity index (χ0n) is 15.5. The van der Waals surface area contributed by atoms with Crippen molar-refractivity contribution in [3.05, 3.63) is 56.5 Å². The Morgan fingerprint density at radius 2 is 1.82 bits per heavy atom. The van der Waals surface area contributed by atoms with Crippen molar-refractivity contribution in [1.29, 1.82) is 0 Å². The van der Waals surface area contributed by atoms with Crippen molar-refractivity contribution in [1.82, 2.24) is 5.32 Å². The van der Waals surface area contributed by atoms with E-state index in [1.807, 2.05) is 32.0 Å². The molecule has 1 heterocycles. The van der Waals surface area contributed by atoms with Crippen molar-refractivity contribution in [2.24, 2.45) is 0 Å². The molecule has 0 fully saturated rings. The molecule has 9 nitrogen and oxygen atoms in total. The number of para-hydroxylation sites is 1. The molecule has 1 unspecified atom stereocenters. The fourth-order valence-electron chi connectivity index (χ4n) is 2.31. The molecule has 28 heavy (non-hydrogen) atoms. The highest BCUT2D eigenvalue weighted by atomic mass is 32.1. The van der Waals surface area contributed by atoms with E-state index < -0.39 is 28.8 Å². The number of anilines is 1. The van der Waals surface area contributed by atoms with E-state index >= 15 is 0 Å². The minimum atomic E-state index is -1.17. The Bertz CT molecular complexity index is 904. The second-order valence-electron chi connectivity index (χ2n) is 5.98. The molecule has 0 aliphatic carbocycles. The maximum Gasteiger partial charge on any atom is 0.349 e. The minimum absolute atomic E-state index is 0.0131. The Morgan fingerprint density at radius 3 is 2.39 bits per heavy atom. The summed E-state index contributed by atoms with van der Waals surface area (Å²) >= 11 is 0.655. The molecule has 2 aromatic rings. The van der Waals surface area contributed by atoms with E-state index in [4.69, 9.17) is 4.74 Å². The van der Waals surface area contributed by atoms with Crippen LogP contribution in [0.25, 0.3) is 0 Å². The first kappa shape index (κ1) is 21.0. The number of nitrogens with one attached hydrogen (secondary N) is 2. The van der Waals surface area contributed by atoms with Crippen LogP contribution >= 0.6 is 11.3 Å². The van der Waals surface area contributed by atoms with E-state index in [1.165, 1.54) is 19.1 Å². The average molecular weight is 405 g/mol. The molecule has 0 radical (unpaired) electrons. The summed E-state index contributed by atoms with van der Waals surface area (Å²) in [5.74, 6) is -1.92. The topological polar surface area (TPSA) is 128 Å². The Balaban J connectivity index is 1.85. The summed E-state index contributed by atoms with van der Waals surface area (Å²) in [6.07, 6.45) is -1.17. The number of ether oxygens (including phenoxy) is 1. The van der Waals surface area contributed by atoms with Gasteiger partial charge in [-0.25, -0.2) is 4.79 Å². The molecule has 2 rings (SSSR count). The van der Waals surface area contributed by atoms with Crippen LogP contribution < -0.4 is 10.6 Å². The molecule has 2 amide bonds. The standard InChI is InChI=1S/C18H19N3O6S/c1-10-5-4-6-11(2)16(10)20-14(22)9-19-17(23)12(3)27-18(24)13-7-8-15(28-13)21(25)26/h4-8,12H,9H2,1-3H3,(H,19,23)(H,20,22). The number of rotatable bonds is 7. The van der Waals surface area contributed by atoms with Crippen LogP contribution in [0.3, 0.4) is 0 Å². The Kier molecular flexibility index (Phi) is 6.83. The lowest BCUT2D eigenvalue weighted by Gasteiger charge is -2.14. The highest BCUT2D eigenvalue weighted by molar-refractivity contribution is 7.17. The molecule has 0 aliphatic heterocycles. The maximum absolute atomic E-state index is 12.1. The zero-order valence-corrected chi connectivity index (χ0v) is 16.3. The van der Waals surface area contributed by atoms with Gasteiger partial charge in [0.15, 0.2) is 6.10 Å². The molecular weight excluding hydrogens is 386 g/mol. The van der Waals surface area contributed by atoms with E-state index in [0.717, 1.165) is 11.1 Å². The van der Waals surface area contributed by atoms with Gasteiger partial charge in [-0.1, -0.05) is 29.5 Å². The molecule has 0 spiro atoms. The van der Waals surface area contributed by atoms with E-state index in [0.29, 0.717) is 17.0 Å². The summed E-state index contributed by atoms with van der Waals surface area (Å²) in [5, 5.41) is 15.6. The molecular formula is C18H19N3O6S. The van der Waals surface area contributed by atoms with Crippen LogP contribution in [0.2, 0.25) is 0 Å². The van der Waals surface area contributed by atoms with Crippen LogP contribution in [0.1, 0.15) is 27.7 Å². The number of benzene rings is 1. The number of amides is 2. The number of aryl methyl sites for hydroxylation is 2. The largest absolute Gasteiger partial charge is 0.448 e. The number of hydrogen-bond acceptors (Lipinski definition) is 7. The fourth-order valence-corrected chi connectivity index (χ4v) is 3.02. The van der Waals surface area contributed by atoms with Gasteiger partial charge >= 0.3 is 11.0 Å². The predicted molar refractivity (Wildman–Crippen MR) is 103 cm³/mol. The third-order valence-corrected chi connectivity index (χ3v) is 4.81. The number of nitro groups is 1. The third kappa shape index (κ3) is 5.36. The molecule has 1 aromatic heterocycles. The number of esters is 1. The van der Waals surface area contributed by atoms with Crippen molar-refractivity contribution in [3.8, 4) is 0 Å². The van der Waals surface area contributed by atoms with Gasteiger partial charge in [0, 0.05) is 11.8 Å². The SMILES string of the molecule is Cc1cccc(C)c1NC(=O)CNC(=O)C(C)OC(=O)c1ccc([N+](=O)[O-])s1. The van der Waals surface area contributed by atoms with Gasteiger partial charge in [-0.2, -0.15) is 0 Å². The summed E-state index contributed by atoms with van der Waals surface area (Å²) in [5.41, 5.74) is 2.47. The Labute approximate surface area is 164 Å². The average Bonchev–Trinajstić information content (AvgIpc) is 3.13. The van der Waals surface area contributed by atoms with E-state index in [1.54, 1.807) is 0 Å². The van der Waals surface area contributed by atoms with Gasteiger partial charge in [-0.05, 0) is 38.0 Å². The van der Waals surface area contributed by atoms with E-state index in [-0.39, 0.29) is 16.4 Å². The number of thiophene rings is 1. The number of carbonyl (C=O) groups is 3. The van der Waals surface area contributed by atoms with Crippen molar-refractivity contribution >= 4 is 39.8 Å². The van der Waals surface area contributed by atoms with E-state index in [9.17, 15) is 24.5 Å². The predicted octanol–water partition coefficient (Wildman–Crippen LogP) is 2.57. The van der Waals surface area contributed by atoms with E-state index in [2.05, 4.69) is 10.6 Å². The van der Waals surface area contributed by atoms with Gasteiger partial charge in [0.2, 0.25) is 5.91 Å². The molecule has 0 aliphatic rings. The lowest BCUT2D eigenvalue weighted by Crippen LogP contribution is -2.40. The first-order valence-electron chi connectivity index (χ1n) is 8.28. The summed E-state index contributed by atoms with van der Waals surface area (Å²) in [4.78, 5) is 46.1. The smallest absolute Gasteiger partial charge is 0.349 e. The number of hydrogen-bond donors (Lipinski definition) is 2.